The maximum absolute atomic E-state index is 13.5. The van der Waals surface area contributed by atoms with Gasteiger partial charge in [-0.25, -0.2) is 8.42 Å². The molecule has 0 bridgehead atoms. The summed E-state index contributed by atoms with van der Waals surface area (Å²) in [6.07, 6.45) is 3.99. The lowest BCUT2D eigenvalue weighted by Gasteiger charge is -2.23. The van der Waals surface area contributed by atoms with Crippen molar-refractivity contribution < 1.29 is 13.2 Å². The van der Waals surface area contributed by atoms with Crippen LogP contribution < -0.4 is 5.32 Å². The Bertz CT molecular complexity index is 1070. The van der Waals surface area contributed by atoms with Crippen LogP contribution in [0, 0.1) is 6.92 Å². The van der Waals surface area contributed by atoms with E-state index in [0.717, 1.165) is 10.4 Å². The van der Waals surface area contributed by atoms with Crippen molar-refractivity contribution in [2.75, 3.05) is 11.9 Å². The molecule has 0 saturated carbocycles. The molecule has 0 radical (unpaired) electrons. The van der Waals surface area contributed by atoms with Gasteiger partial charge >= 0.3 is 0 Å². The number of hydrogen-bond donors (Lipinski definition) is 1. The average Bonchev–Trinajstić information content (AvgIpc) is 3.18. The van der Waals surface area contributed by atoms with E-state index in [-0.39, 0.29) is 17.3 Å². The zero-order chi connectivity index (χ0) is 20.9. The summed E-state index contributed by atoms with van der Waals surface area (Å²) in [5.41, 5.74) is 1.99. The predicted octanol–water partition coefficient (Wildman–Crippen LogP) is 3.84. The van der Waals surface area contributed by atoms with Gasteiger partial charge in [0.15, 0.2) is 0 Å². The quantitative estimate of drug-likeness (QED) is 0.590. The lowest BCUT2D eigenvalue weighted by Crippen LogP contribution is -2.33. The third kappa shape index (κ3) is 5.50. The molecule has 0 aliphatic heterocycles. The van der Waals surface area contributed by atoms with Crippen LogP contribution in [0.4, 0.5) is 5.69 Å². The number of carbonyl (C=O) groups excluding carboxylic acids is 1. The summed E-state index contributed by atoms with van der Waals surface area (Å²) in [6, 6.07) is 12.5. The Morgan fingerprint density at radius 1 is 1.21 bits per heavy atom. The van der Waals surface area contributed by atoms with Crippen LogP contribution in [0.3, 0.4) is 0 Å². The standard InChI is InChI=1S/C21H23N3O3S2/c1-16-13-19(23-17(2)25)7-8-21(16)29(26,27)24(11-9-20-6-4-12-28-20)15-18-5-3-10-22-14-18/h3-8,10,12-14H,9,11,15H2,1-2H3,(H,23,25). The number of anilines is 1. The van der Waals surface area contributed by atoms with Gasteiger partial charge in [0.05, 0.1) is 4.90 Å². The van der Waals surface area contributed by atoms with Crippen molar-refractivity contribution in [3.8, 4) is 0 Å². The minimum Gasteiger partial charge on any atom is -0.326 e. The first-order chi connectivity index (χ1) is 13.9. The SMILES string of the molecule is CC(=O)Nc1ccc(S(=O)(=O)N(CCc2cccs2)Cc2cccnc2)c(C)c1. The van der Waals surface area contributed by atoms with Crippen LogP contribution in [0.1, 0.15) is 22.9 Å². The van der Waals surface area contributed by atoms with E-state index in [9.17, 15) is 13.2 Å². The van der Waals surface area contributed by atoms with Crippen LogP contribution in [-0.4, -0.2) is 30.2 Å². The average molecular weight is 430 g/mol. The molecular formula is C21H23N3O3S2. The first kappa shape index (κ1) is 21.2. The Labute approximate surface area is 175 Å². The van der Waals surface area contributed by atoms with Crippen molar-refractivity contribution in [1.82, 2.24) is 9.29 Å². The number of amides is 1. The van der Waals surface area contributed by atoms with Crippen LogP contribution in [0.5, 0.6) is 0 Å². The highest BCUT2D eigenvalue weighted by atomic mass is 32.2. The largest absolute Gasteiger partial charge is 0.326 e. The van der Waals surface area contributed by atoms with E-state index in [2.05, 4.69) is 10.3 Å². The fourth-order valence-corrected chi connectivity index (χ4v) is 5.36. The summed E-state index contributed by atoms with van der Waals surface area (Å²) in [4.78, 5) is 16.7. The molecule has 29 heavy (non-hydrogen) atoms. The van der Waals surface area contributed by atoms with Gasteiger partial charge < -0.3 is 5.32 Å². The van der Waals surface area contributed by atoms with Gasteiger partial charge in [0.25, 0.3) is 0 Å². The summed E-state index contributed by atoms with van der Waals surface area (Å²) in [5.74, 6) is -0.200. The number of carbonyl (C=O) groups is 1. The first-order valence-electron chi connectivity index (χ1n) is 9.16. The smallest absolute Gasteiger partial charge is 0.243 e. The molecule has 2 heterocycles. The molecule has 0 fully saturated rings. The Morgan fingerprint density at radius 2 is 2.03 bits per heavy atom. The number of nitrogens with one attached hydrogen (secondary N) is 1. The van der Waals surface area contributed by atoms with Gasteiger partial charge in [-0.05, 0) is 60.2 Å². The molecule has 3 rings (SSSR count). The van der Waals surface area contributed by atoms with Gasteiger partial charge in [0, 0.05) is 43.0 Å². The summed E-state index contributed by atoms with van der Waals surface area (Å²) in [6.45, 7) is 3.76. The number of benzene rings is 1. The summed E-state index contributed by atoms with van der Waals surface area (Å²) < 4.78 is 28.4. The lowest BCUT2D eigenvalue weighted by molar-refractivity contribution is -0.114. The fraction of sp³-hybridized carbons (Fsp3) is 0.238. The molecule has 0 saturated heterocycles. The van der Waals surface area contributed by atoms with Gasteiger partial charge in [-0.1, -0.05) is 12.1 Å². The molecule has 0 atom stereocenters. The molecule has 0 unspecified atom stereocenters. The van der Waals surface area contributed by atoms with E-state index in [4.69, 9.17) is 0 Å². The molecule has 1 aromatic carbocycles. The van der Waals surface area contributed by atoms with Crippen LogP contribution in [-0.2, 0) is 27.8 Å². The van der Waals surface area contributed by atoms with Crippen molar-refractivity contribution in [2.45, 2.75) is 31.7 Å². The van der Waals surface area contributed by atoms with Gasteiger partial charge in [-0.3, -0.25) is 9.78 Å². The van der Waals surface area contributed by atoms with E-state index >= 15 is 0 Å². The molecule has 1 amide bonds. The Hall–Kier alpha value is -2.55. The van der Waals surface area contributed by atoms with E-state index in [1.54, 1.807) is 54.9 Å². The lowest BCUT2D eigenvalue weighted by atomic mass is 10.2. The van der Waals surface area contributed by atoms with Crippen LogP contribution in [0.2, 0.25) is 0 Å². The number of thiophene rings is 1. The van der Waals surface area contributed by atoms with E-state index in [0.29, 0.717) is 24.2 Å². The van der Waals surface area contributed by atoms with Gasteiger partial charge in [0.1, 0.15) is 0 Å². The molecule has 0 aliphatic carbocycles. The van der Waals surface area contributed by atoms with Crippen molar-refractivity contribution in [3.63, 3.8) is 0 Å². The third-order valence-corrected chi connectivity index (χ3v) is 7.32. The maximum Gasteiger partial charge on any atom is 0.243 e. The zero-order valence-electron chi connectivity index (χ0n) is 16.3. The number of nitrogens with zero attached hydrogens (tertiary/aromatic N) is 2. The second-order valence-electron chi connectivity index (χ2n) is 6.69. The fourth-order valence-electron chi connectivity index (χ4n) is 3.03. The molecule has 6 nitrogen and oxygen atoms in total. The first-order valence-corrected chi connectivity index (χ1v) is 11.5. The van der Waals surface area contributed by atoms with Crippen LogP contribution in [0.15, 0.2) is 65.1 Å². The molecule has 1 N–H and O–H groups in total. The van der Waals surface area contributed by atoms with Gasteiger partial charge in [0.2, 0.25) is 15.9 Å². The number of rotatable bonds is 8. The highest BCUT2D eigenvalue weighted by Crippen LogP contribution is 2.25. The van der Waals surface area contributed by atoms with E-state index < -0.39 is 10.0 Å². The Kier molecular flexibility index (Phi) is 6.79. The second kappa shape index (κ2) is 9.30. The van der Waals surface area contributed by atoms with Gasteiger partial charge in [-0.2, -0.15) is 4.31 Å². The third-order valence-electron chi connectivity index (χ3n) is 4.38. The van der Waals surface area contributed by atoms with Crippen molar-refractivity contribution >= 4 is 33.0 Å². The monoisotopic (exact) mass is 429 g/mol. The molecule has 0 aliphatic rings. The molecule has 152 valence electrons. The van der Waals surface area contributed by atoms with Crippen LogP contribution in [0.25, 0.3) is 0 Å². The number of aromatic nitrogens is 1. The maximum atomic E-state index is 13.5. The molecule has 3 aromatic rings. The summed E-state index contributed by atoms with van der Waals surface area (Å²) >= 11 is 1.61. The number of hydrogen-bond acceptors (Lipinski definition) is 5. The predicted molar refractivity (Wildman–Crippen MR) is 115 cm³/mol. The molecule has 2 aromatic heterocycles. The Balaban J connectivity index is 1.90. The normalized spacial score (nSPS) is 11.6. The number of aryl methyl sites for hydroxylation is 1. The molecule has 8 heteroatoms. The van der Waals surface area contributed by atoms with Crippen LogP contribution >= 0.6 is 11.3 Å². The van der Waals surface area contributed by atoms with Crippen molar-refractivity contribution in [3.05, 3.63) is 76.2 Å². The van der Waals surface area contributed by atoms with E-state index in [1.807, 2.05) is 23.6 Å². The minimum atomic E-state index is -3.73. The number of sulfonamides is 1. The number of pyridine rings is 1. The van der Waals surface area contributed by atoms with Crippen molar-refractivity contribution in [1.29, 1.82) is 0 Å². The topological polar surface area (TPSA) is 79.4 Å². The van der Waals surface area contributed by atoms with Gasteiger partial charge in [-0.15, -0.1) is 11.3 Å². The highest BCUT2D eigenvalue weighted by Gasteiger charge is 2.26. The minimum absolute atomic E-state index is 0.200. The Morgan fingerprint density at radius 3 is 2.66 bits per heavy atom. The summed E-state index contributed by atoms with van der Waals surface area (Å²) in [7, 11) is -3.73. The summed E-state index contributed by atoms with van der Waals surface area (Å²) in [5, 5.41) is 4.67. The van der Waals surface area contributed by atoms with Crippen molar-refractivity contribution in [2.24, 2.45) is 0 Å². The van der Waals surface area contributed by atoms with E-state index in [1.165, 1.54) is 11.2 Å². The molecule has 0 spiro atoms. The second-order valence-corrected chi connectivity index (χ2v) is 9.63. The highest BCUT2D eigenvalue weighted by molar-refractivity contribution is 7.89. The zero-order valence-corrected chi connectivity index (χ0v) is 18.0. The molecular weight excluding hydrogens is 406 g/mol.